The molecule has 0 saturated carbocycles. The molecule has 8 nitrogen and oxygen atoms in total. The average molecular weight is 423 g/mol. The van der Waals surface area contributed by atoms with Crippen LogP contribution in [-0.2, 0) is 20.8 Å². The fourth-order valence-electron chi connectivity index (χ4n) is 4.15. The van der Waals surface area contributed by atoms with E-state index in [4.69, 9.17) is 5.11 Å². The molecule has 162 valence electrons. The largest absolute Gasteiger partial charge is 0.506 e. The van der Waals surface area contributed by atoms with Crippen LogP contribution in [0.5, 0.6) is 5.75 Å². The third kappa shape index (κ3) is 4.63. The number of carbonyl (C=O) groups is 3. The van der Waals surface area contributed by atoms with Gasteiger partial charge in [-0.05, 0) is 54.8 Å². The molecule has 2 heterocycles. The third-order valence-corrected chi connectivity index (χ3v) is 5.80. The van der Waals surface area contributed by atoms with E-state index in [1.807, 2.05) is 24.3 Å². The average Bonchev–Trinajstić information content (AvgIpc) is 3.40. The molecule has 0 radical (unpaired) electrons. The molecule has 2 aromatic rings. The van der Waals surface area contributed by atoms with E-state index in [1.54, 1.807) is 4.90 Å². The molecule has 2 amide bonds. The van der Waals surface area contributed by atoms with Crippen molar-refractivity contribution in [3.8, 4) is 5.75 Å². The Labute approximate surface area is 180 Å². The van der Waals surface area contributed by atoms with Crippen molar-refractivity contribution in [2.24, 2.45) is 5.92 Å². The van der Waals surface area contributed by atoms with Gasteiger partial charge in [0.05, 0.1) is 18.0 Å². The molecule has 0 aromatic heterocycles. The van der Waals surface area contributed by atoms with E-state index in [1.165, 1.54) is 31.0 Å². The lowest BCUT2D eigenvalue weighted by atomic mass is 10.1. The molecule has 2 aliphatic heterocycles. The summed E-state index contributed by atoms with van der Waals surface area (Å²) in [6.45, 7) is 2.35. The smallest absolute Gasteiger partial charge is 0.307 e. The van der Waals surface area contributed by atoms with Gasteiger partial charge in [-0.1, -0.05) is 6.07 Å². The Morgan fingerprint density at radius 2 is 1.71 bits per heavy atom. The van der Waals surface area contributed by atoms with Crippen molar-refractivity contribution in [2.45, 2.75) is 25.7 Å². The van der Waals surface area contributed by atoms with E-state index in [9.17, 15) is 19.5 Å². The first-order valence-electron chi connectivity index (χ1n) is 10.4. The van der Waals surface area contributed by atoms with E-state index in [0.717, 1.165) is 24.5 Å². The van der Waals surface area contributed by atoms with Crippen molar-refractivity contribution in [2.75, 3.05) is 34.8 Å². The number of nitrogens with zero attached hydrogens (tertiary/aromatic N) is 2. The maximum absolute atomic E-state index is 12.7. The summed E-state index contributed by atoms with van der Waals surface area (Å²) in [5, 5.41) is 21.6. The predicted molar refractivity (Wildman–Crippen MR) is 116 cm³/mol. The van der Waals surface area contributed by atoms with E-state index in [0.29, 0.717) is 5.56 Å². The lowest BCUT2D eigenvalue weighted by Gasteiger charge is -2.20. The van der Waals surface area contributed by atoms with Crippen molar-refractivity contribution >= 4 is 34.8 Å². The number of carbonyl (C=O) groups excluding carboxylic acids is 2. The molecule has 31 heavy (non-hydrogen) atoms. The van der Waals surface area contributed by atoms with Crippen molar-refractivity contribution in [1.82, 2.24) is 0 Å². The number of benzene rings is 2. The zero-order valence-electron chi connectivity index (χ0n) is 17.1. The fourth-order valence-corrected chi connectivity index (χ4v) is 4.15. The number of hydrogen-bond donors (Lipinski definition) is 3. The molecule has 3 N–H and O–H groups in total. The number of aliphatic carboxylic acids is 1. The van der Waals surface area contributed by atoms with Crippen molar-refractivity contribution in [3.63, 3.8) is 0 Å². The van der Waals surface area contributed by atoms with Crippen LogP contribution in [0.4, 0.5) is 17.1 Å². The third-order valence-electron chi connectivity index (χ3n) is 5.80. The van der Waals surface area contributed by atoms with Gasteiger partial charge in [0.1, 0.15) is 5.75 Å². The Hall–Kier alpha value is -3.55. The van der Waals surface area contributed by atoms with Gasteiger partial charge in [0.15, 0.2) is 0 Å². The Balaban J connectivity index is 1.42. The molecule has 0 spiro atoms. The molecule has 1 atom stereocenters. The Morgan fingerprint density at radius 1 is 1.03 bits per heavy atom. The zero-order valence-corrected chi connectivity index (χ0v) is 17.1. The highest BCUT2D eigenvalue weighted by molar-refractivity contribution is 6.04. The summed E-state index contributed by atoms with van der Waals surface area (Å²) in [6.07, 6.45) is 2.25. The number of hydrogen-bond acceptors (Lipinski definition) is 5. The number of carboxylic acid groups (broad SMARTS) is 1. The summed E-state index contributed by atoms with van der Waals surface area (Å²) in [5.41, 5.74) is 2.50. The van der Waals surface area contributed by atoms with Crippen LogP contribution in [0.15, 0.2) is 42.5 Å². The molecule has 8 heteroatoms. The first-order valence-corrected chi connectivity index (χ1v) is 10.4. The number of amides is 2. The van der Waals surface area contributed by atoms with E-state index >= 15 is 0 Å². The predicted octanol–water partition coefficient (Wildman–Crippen LogP) is 2.61. The monoisotopic (exact) mass is 423 g/mol. The van der Waals surface area contributed by atoms with E-state index in [2.05, 4.69) is 10.2 Å². The van der Waals surface area contributed by atoms with Crippen molar-refractivity contribution < 1.29 is 24.6 Å². The summed E-state index contributed by atoms with van der Waals surface area (Å²) in [5.74, 6) is -2.23. The van der Waals surface area contributed by atoms with Crippen molar-refractivity contribution in [1.29, 1.82) is 0 Å². The van der Waals surface area contributed by atoms with Crippen LogP contribution in [0.2, 0.25) is 0 Å². The zero-order chi connectivity index (χ0) is 22.0. The van der Waals surface area contributed by atoms with Crippen molar-refractivity contribution in [3.05, 3.63) is 48.0 Å². The van der Waals surface area contributed by atoms with Crippen LogP contribution >= 0.6 is 0 Å². The first kappa shape index (κ1) is 20.7. The van der Waals surface area contributed by atoms with Gasteiger partial charge in [0, 0.05) is 37.4 Å². The number of phenolic OH excluding ortho intramolecular Hbond substituents is 1. The fraction of sp³-hybridized carbons (Fsp3) is 0.348. The van der Waals surface area contributed by atoms with Gasteiger partial charge in [-0.15, -0.1) is 0 Å². The van der Waals surface area contributed by atoms with Gasteiger partial charge in [-0.25, -0.2) is 0 Å². The summed E-state index contributed by atoms with van der Waals surface area (Å²) < 4.78 is 0. The van der Waals surface area contributed by atoms with Crippen LogP contribution in [-0.4, -0.2) is 47.6 Å². The van der Waals surface area contributed by atoms with Gasteiger partial charge < -0.3 is 25.3 Å². The van der Waals surface area contributed by atoms with Crippen LogP contribution in [0.25, 0.3) is 0 Å². The number of rotatable bonds is 6. The van der Waals surface area contributed by atoms with Gasteiger partial charge >= 0.3 is 5.97 Å². The van der Waals surface area contributed by atoms with E-state index in [-0.39, 0.29) is 42.6 Å². The first-order chi connectivity index (χ1) is 14.9. The highest BCUT2D eigenvalue weighted by Crippen LogP contribution is 2.30. The summed E-state index contributed by atoms with van der Waals surface area (Å²) >= 11 is 0. The summed E-state index contributed by atoms with van der Waals surface area (Å²) in [6, 6.07) is 12.1. The lowest BCUT2D eigenvalue weighted by molar-refractivity contribution is -0.136. The number of nitrogens with one attached hydrogen (secondary N) is 1. The van der Waals surface area contributed by atoms with E-state index < -0.39 is 11.9 Å². The number of phenols is 1. The van der Waals surface area contributed by atoms with Crippen LogP contribution in [0.1, 0.15) is 24.8 Å². The maximum atomic E-state index is 12.7. The molecular weight excluding hydrogens is 398 g/mol. The van der Waals surface area contributed by atoms with Crippen LogP contribution in [0.3, 0.4) is 0 Å². The van der Waals surface area contributed by atoms with Gasteiger partial charge in [-0.3, -0.25) is 14.4 Å². The summed E-state index contributed by atoms with van der Waals surface area (Å²) in [4.78, 5) is 40.1. The Bertz CT molecular complexity index is 999. The number of anilines is 3. The molecule has 1 unspecified atom stereocenters. The molecular formula is C23H25N3O5. The minimum absolute atomic E-state index is 0.0787. The second-order valence-electron chi connectivity index (χ2n) is 8.03. The Morgan fingerprint density at radius 3 is 2.39 bits per heavy atom. The second kappa shape index (κ2) is 8.67. The van der Waals surface area contributed by atoms with Gasteiger partial charge in [0.2, 0.25) is 11.8 Å². The number of carboxylic acids is 1. The Kier molecular flexibility index (Phi) is 5.79. The van der Waals surface area contributed by atoms with Gasteiger partial charge in [-0.2, -0.15) is 0 Å². The topological polar surface area (TPSA) is 110 Å². The van der Waals surface area contributed by atoms with Gasteiger partial charge in [0.25, 0.3) is 0 Å². The molecule has 2 fully saturated rings. The normalized spacial score (nSPS) is 18.5. The number of aromatic hydroxyl groups is 1. The molecule has 2 saturated heterocycles. The van der Waals surface area contributed by atoms with Crippen LogP contribution < -0.4 is 15.1 Å². The molecule has 2 aliphatic rings. The minimum Gasteiger partial charge on any atom is -0.506 e. The molecule has 0 bridgehead atoms. The molecule has 2 aromatic carbocycles. The maximum Gasteiger partial charge on any atom is 0.307 e. The highest BCUT2D eigenvalue weighted by atomic mass is 16.4. The van der Waals surface area contributed by atoms with Crippen LogP contribution in [0, 0.1) is 5.92 Å². The highest BCUT2D eigenvalue weighted by Gasteiger charge is 2.35. The summed E-state index contributed by atoms with van der Waals surface area (Å²) in [7, 11) is 0. The minimum atomic E-state index is -1.00. The standard InChI is InChI=1S/C23H25N3O5/c27-20-8-3-15(12-22(29)30)11-19(20)24-23(31)16-13-21(28)26(14-16)18-6-4-17(5-7-18)25-9-1-2-10-25/h3-8,11,16,27H,1-2,9-10,12-14H2,(H,24,31)(H,29,30). The second-order valence-corrected chi connectivity index (χ2v) is 8.03. The SMILES string of the molecule is O=C(O)Cc1ccc(O)c(NC(=O)C2CC(=O)N(c3ccc(N4CCCC4)cc3)C2)c1. The molecule has 0 aliphatic carbocycles. The quantitative estimate of drug-likeness (QED) is 0.616. The molecule has 4 rings (SSSR count). The lowest BCUT2D eigenvalue weighted by Crippen LogP contribution is -2.28.